The van der Waals surface area contributed by atoms with Crippen molar-refractivity contribution in [2.24, 2.45) is 0 Å². The summed E-state index contributed by atoms with van der Waals surface area (Å²) in [4.78, 5) is 11.6. The number of rotatable bonds is 5. The third kappa shape index (κ3) is 2.57. The highest BCUT2D eigenvalue weighted by Gasteiger charge is 2.29. The Balaban J connectivity index is 1.89. The first-order chi connectivity index (χ1) is 9.28. The fourth-order valence-corrected chi connectivity index (χ4v) is 2.13. The number of hydrogen-bond donors (Lipinski definition) is 0. The molecule has 0 aromatic carbocycles. The maximum absolute atomic E-state index is 11.6. The summed E-state index contributed by atoms with van der Waals surface area (Å²) >= 11 is 0. The van der Waals surface area contributed by atoms with E-state index >= 15 is 0 Å². The highest BCUT2D eigenvalue weighted by molar-refractivity contribution is 5.75. The summed E-state index contributed by atoms with van der Waals surface area (Å²) in [5.41, 5.74) is 0.843. The summed E-state index contributed by atoms with van der Waals surface area (Å²) in [7, 11) is 0. The van der Waals surface area contributed by atoms with Crippen LogP contribution in [0, 0.1) is 0 Å². The Morgan fingerprint density at radius 2 is 2.32 bits per heavy atom. The molecule has 19 heavy (non-hydrogen) atoms. The zero-order valence-electron chi connectivity index (χ0n) is 10.8. The Morgan fingerprint density at radius 1 is 1.47 bits per heavy atom. The van der Waals surface area contributed by atoms with E-state index in [9.17, 15) is 4.79 Å². The summed E-state index contributed by atoms with van der Waals surface area (Å²) in [6, 6.07) is 5.61. The van der Waals surface area contributed by atoms with E-state index in [1.807, 2.05) is 18.2 Å². The van der Waals surface area contributed by atoms with Crippen LogP contribution in [-0.4, -0.2) is 12.6 Å². The van der Waals surface area contributed by atoms with Crippen molar-refractivity contribution in [1.82, 2.24) is 0 Å². The smallest absolute Gasteiger partial charge is 0.310 e. The van der Waals surface area contributed by atoms with E-state index in [1.165, 1.54) is 0 Å². The molecule has 0 aliphatic heterocycles. The highest BCUT2D eigenvalue weighted by Crippen LogP contribution is 2.43. The molecule has 1 saturated carbocycles. The van der Waals surface area contributed by atoms with Crippen molar-refractivity contribution in [1.29, 1.82) is 0 Å². The molecule has 4 nitrogen and oxygen atoms in total. The molecule has 1 aliphatic rings. The van der Waals surface area contributed by atoms with Crippen molar-refractivity contribution in [3.63, 3.8) is 0 Å². The fourth-order valence-electron chi connectivity index (χ4n) is 2.13. The molecule has 0 bridgehead atoms. The molecule has 2 aromatic heterocycles. The third-order valence-electron chi connectivity index (χ3n) is 3.19. The standard InChI is InChI=1S/C15H16O4/c1-2-17-14(16)9-11-8-13(10-5-6-10)19-15(11)12-4-3-7-18-12/h3-4,7-8,10H,2,5-6,9H2,1H3. The van der Waals surface area contributed by atoms with Crippen LogP contribution in [0.3, 0.4) is 0 Å². The molecule has 0 radical (unpaired) electrons. The number of esters is 1. The summed E-state index contributed by atoms with van der Waals surface area (Å²) in [6.45, 7) is 2.19. The highest BCUT2D eigenvalue weighted by atomic mass is 16.5. The van der Waals surface area contributed by atoms with Gasteiger partial charge < -0.3 is 13.6 Å². The van der Waals surface area contributed by atoms with Crippen molar-refractivity contribution in [3.8, 4) is 11.5 Å². The van der Waals surface area contributed by atoms with Gasteiger partial charge in [0.25, 0.3) is 0 Å². The lowest BCUT2D eigenvalue weighted by atomic mass is 10.1. The van der Waals surface area contributed by atoms with E-state index in [1.54, 1.807) is 13.2 Å². The maximum Gasteiger partial charge on any atom is 0.310 e. The fraction of sp³-hybridized carbons (Fsp3) is 0.400. The van der Waals surface area contributed by atoms with Crippen LogP contribution in [0.4, 0.5) is 0 Å². The second kappa shape index (κ2) is 4.96. The van der Waals surface area contributed by atoms with Crippen molar-refractivity contribution < 1.29 is 18.4 Å². The van der Waals surface area contributed by atoms with Gasteiger partial charge in [0.15, 0.2) is 11.5 Å². The van der Waals surface area contributed by atoms with E-state index in [2.05, 4.69) is 0 Å². The molecule has 0 atom stereocenters. The number of carbonyl (C=O) groups excluding carboxylic acids is 1. The van der Waals surface area contributed by atoms with Gasteiger partial charge in [-0.2, -0.15) is 0 Å². The van der Waals surface area contributed by atoms with Crippen LogP contribution in [0.2, 0.25) is 0 Å². The summed E-state index contributed by atoms with van der Waals surface area (Å²) in [6.07, 6.45) is 4.14. The lowest BCUT2D eigenvalue weighted by Gasteiger charge is -2.00. The van der Waals surface area contributed by atoms with Gasteiger partial charge in [-0.3, -0.25) is 4.79 Å². The molecule has 2 heterocycles. The molecule has 0 saturated heterocycles. The Morgan fingerprint density at radius 3 is 2.95 bits per heavy atom. The van der Waals surface area contributed by atoms with Crippen molar-refractivity contribution >= 4 is 5.97 Å². The molecule has 2 aromatic rings. The average Bonchev–Trinajstić information content (AvgIpc) is 2.94. The van der Waals surface area contributed by atoms with Gasteiger partial charge >= 0.3 is 5.97 Å². The molecule has 0 amide bonds. The second-order valence-corrected chi connectivity index (χ2v) is 4.74. The van der Waals surface area contributed by atoms with Crippen LogP contribution >= 0.6 is 0 Å². The number of hydrogen-bond acceptors (Lipinski definition) is 4. The van der Waals surface area contributed by atoms with Gasteiger partial charge in [-0.1, -0.05) is 0 Å². The molecule has 1 aliphatic carbocycles. The zero-order chi connectivity index (χ0) is 13.2. The Hall–Kier alpha value is -1.97. The van der Waals surface area contributed by atoms with Crippen molar-refractivity contribution in [2.45, 2.75) is 32.1 Å². The van der Waals surface area contributed by atoms with Gasteiger partial charge in [-0.25, -0.2) is 0 Å². The number of furan rings is 2. The van der Waals surface area contributed by atoms with Gasteiger partial charge in [-0.05, 0) is 38.0 Å². The predicted octanol–water partition coefficient (Wildman–Crippen LogP) is 3.52. The quantitative estimate of drug-likeness (QED) is 0.772. The first-order valence-corrected chi connectivity index (χ1v) is 6.60. The zero-order valence-corrected chi connectivity index (χ0v) is 10.8. The van der Waals surface area contributed by atoms with Gasteiger partial charge in [-0.15, -0.1) is 0 Å². The average molecular weight is 260 g/mol. The van der Waals surface area contributed by atoms with Crippen molar-refractivity contribution in [3.05, 3.63) is 35.8 Å². The topological polar surface area (TPSA) is 52.6 Å². The minimum atomic E-state index is -0.238. The molecule has 4 heteroatoms. The van der Waals surface area contributed by atoms with Crippen LogP contribution < -0.4 is 0 Å². The normalized spacial score (nSPS) is 14.6. The van der Waals surface area contributed by atoms with Gasteiger partial charge in [0.1, 0.15) is 5.76 Å². The van der Waals surface area contributed by atoms with E-state index < -0.39 is 0 Å². The Bertz CT molecular complexity index is 561. The monoisotopic (exact) mass is 260 g/mol. The van der Waals surface area contributed by atoms with Crippen LogP contribution in [0.1, 0.15) is 37.0 Å². The minimum Gasteiger partial charge on any atom is -0.466 e. The van der Waals surface area contributed by atoms with Crippen LogP contribution in [0.5, 0.6) is 0 Å². The van der Waals surface area contributed by atoms with E-state index in [0.29, 0.717) is 24.0 Å². The van der Waals surface area contributed by atoms with E-state index in [-0.39, 0.29) is 12.4 Å². The van der Waals surface area contributed by atoms with E-state index in [4.69, 9.17) is 13.6 Å². The van der Waals surface area contributed by atoms with Crippen LogP contribution in [0.25, 0.3) is 11.5 Å². The molecule has 100 valence electrons. The van der Waals surface area contributed by atoms with Gasteiger partial charge in [0.05, 0.1) is 19.3 Å². The van der Waals surface area contributed by atoms with Crippen molar-refractivity contribution in [2.75, 3.05) is 6.61 Å². The molecule has 3 rings (SSSR count). The lowest BCUT2D eigenvalue weighted by Crippen LogP contribution is -2.07. The molecule has 1 fully saturated rings. The molecular weight excluding hydrogens is 244 g/mol. The molecule has 0 unspecified atom stereocenters. The third-order valence-corrected chi connectivity index (χ3v) is 3.19. The second-order valence-electron chi connectivity index (χ2n) is 4.74. The number of carbonyl (C=O) groups is 1. The maximum atomic E-state index is 11.6. The van der Waals surface area contributed by atoms with E-state index in [0.717, 1.165) is 24.2 Å². The summed E-state index contributed by atoms with van der Waals surface area (Å²) in [5.74, 6) is 2.53. The molecule has 0 spiro atoms. The van der Waals surface area contributed by atoms with Gasteiger partial charge in [0.2, 0.25) is 0 Å². The Labute approximate surface area is 111 Å². The van der Waals surface area contributed by atoms with Gasteiger partial charge in [0, 0.05) is 11.5 Å². The summed E-state index contributed by atoms with van der Waals surface area (Å²) < 4.78 is 16.2. The first-order valence-electron chi connectivity index (χ1n) is 6.60. The van der Waals surface area contributed by atoms with Crippen LogP contribution in [0.15, 0.2) is 33.3 Å². The predicted molar refractivity (Wildman–Crippen MR) is 68.7 cm³/mol. The first kappa shape index (κ1) is 12.1. The molecular formula is C15H16O4. The lowest BCUT2D eigenvalue weighted by molar-refractivity contribution is -0.142. The van der Waals surface area contributed by atoms with Crippen LogP contribution in [-0.2, 0) is 16.0 Å². The Kier molecular flexibility index (Phi) is 3.15. The largest absolute Gasteiger partial charge is 0.466 e. The molecule has 0 N–H and O–H groups in total. The summed E-state index contributed by atoms with van der Waals surface area (Å²) in [5, 5.41) is 0. The minimum absolute atomic E-state index is 0.222. The SMILES string of the molecule is CCOC(=O)Cc1cc(C2CC2)oc1-c1ccco1. The number of ether oxygens (including phenoxy) is 1.